The zero-order valence-electron chi connectivity index (χ0n) is 18.8. The minimum Gasteiger partial charge on any atom is -0.403 e. The molecule has 0 aromatic carbocycles. The molecular formula is C19H38B2O4Si. The molecule has 2 fully saturated rings. The minimum absolute atomic E-state index is 0.395. The number of rotatable bonds is 5. The minimum atomic E-state index is -1.91. The SMILES string of the molecule is C=CCC(B1OC(C)(C)C(C)(C)O1)(B1OC(C)(C)C(C)(C)O1)[Si](C)(C)C. The summed E-state index contributed by atoms with van der Waals surface area (Å²) in [4.78, 5) is -0.398. The van der Waals surface area contributed by atoms with Crippen molar-refractivity contribution < 1.29 is 18.6 Å². The summed E-state index contributed by atoms with van der Waals surface area (Å²) in [5.41, 5.74) is -1.58. The van der Waals surface area contributed by atoms with E-state index in [4.69, 9.17) is 18.6 Å². The van der Waals surface area contributed by atoms with Crippen LogP contribution in [0.15, 0.2) is 12.7 Å². The molecule has 0 N–H and O–H groups in total. The fourth-order valence-electron chi connectivity index (χ4n) is 3.66. The summed E-state index contributed by atoms with van der Waals surface area (Å²) in [7, 11) is -2.70. The molecule has 7 heteroatoms. The van der Waals surface area contributed by atoms with Gasteiger partial charge in [-0.05, 0) is 61.8 Å². The first kappa shape index (κ1) is 22.2. The molecule has 0 radical (unpaired) electrons. The molecule has 0 atom stereocenters. The van der Waals surface area contributed by atoms with Gasteiger partial charge in [-0.15, -0.1) is 6.58 Å². The lowest BCUT2D eigenvalue weighted by Crippen LogP contribution is -2.60. The van der Waals surface area contributed by atoms with Crippen LogP contribution in [-0.4, -0.2) is 44.7 Å². The maximum Gasteiger partial charge on any atom is 0.459 e. The van der Waals surface area contributed by atoms with Crippen molar-refractivity contribution in [2.75, 3.05) is 0 Å². The Hall–Kier alpha value is -0.0732. The average Bonchev–Trinajstić information content (AvgIpc) is 2.74. The van der Waals surface area contributed by atoms with Gasteiger partial charge in [0.15, 0.2) is 0 Å². The summed E-state index contributed by atoms with van der Waals surface area (Å²) in [6.07, 6.45) is 2.70. The molecule has 0 aliphatic carbocycles. The van der Waals surface area contributed by atoms with E-state index in [9.17, 15) is 0 Å². The monoisotopic (exact) mass is 380 g/mol. The van der Waals surface area contributed by atoms with Gasteiger partial charge in [-0.2, -0.15) is 0 Å². The fraction of sp³-hybridized carbons (Fsp3) is 0.895. The van der Waals surface area contributed by atoms with Gasteiger partial charge < -0.3 is 18.6 Å². The van der Waals surface area contributed by atoms with Crippen molar-refractivity contribution in [3.8, 4) is 0 Å². The van der Waals surface area contributed by atoms with Crippen LogP contribution in [0.4, 0.5) is 0 Å². The van der Waals surface area contributed by atoms with Gasteiger partial charge in [-0.1, -0.05) is 25.7 Å². The van der Waals surface area contributed by atoms with Crippen LogP contribution in [0.25, 0.3) is 0 Å². The van der Waals surface area contributed by atoms with E-state index in [0.717, 1.165) is 6.42 Å². The van der Waals surface area contributed by atoms with Gasteiger partial charge in [-0.25, -0.2) is 0 Å². The Kier molecular flexibility index (Phi) is 5.31. The number of allylic oxidation sites excluding steroid dienone is 1. The Balaban J connectivity index is 2.57. The van der Waals surface area contributed by atoms with E-state index in [1.807, 2.05) is 6.08 Å². The summed E-state index contributed by atoms with van der Waals surface area (Å²) >= 11 is 0. The van der Waals surface area contributed by atoms with E-state index in [1.165, 1.54) is 0 Å². The van der Waals surface area contributed by atoms with Crippen LogP contribution in [0.1, 0.15) is 61.8 Å². The van der Waals surface area contributed by atoms with Crippen LogP contribution < -0.4 is 0 Å². The highest BCUT2D eigenvalue weighted by atomic mass is 28.3. The van der Waals surface area contributed by atoms with Crippen LogP contribution in [0, 0.1) is 0 Å². The molecule has 0 aromatic rings. The predicted molar refractivity (Wildman–Crippen MR) is 113 cm³/mol. The Bertz CT molecular complexity index is 498. The van der Waals surface area contributed by atoms with Crippen molar-refractivity contribution in [3.05, 3.63) is 12.7 Å². The quantitative estimate of drug-likeness (QED) is 0.502. The highest BCUT2D eigenvalue weighted by Gasteiger charge is 2.72. The van der Waals surface area contributed by atoms with Gasteiger partial charge in [0, 0.05) is 12.9 Å². The van der Waals surface area contributed by atoms with Crippen molar-refractivity contribution in [2.24, 2.45) is 0 Å². The zero-order valence-corrected chi connectivity index (χ0v) is 19.8. The maximum atomic E-state index is 6.56. The molecule has 4 nitrogen and oxygen atoms in total. The normalized spacial score (nSPS) is 27.0. The van der Waals surface area contributed by atoms with Crippen LogP contribution in [0.2, 0.25) is 24.5 Å². The van der Waals surface area contributed by atoms with E-state index in [2.05, 4.69) is 81.6 Å². The molecule has 2 aliphatic rings. The highest BCUT2D eigenvalue weighted by Crippen LogP contribution is 2.57. The standard InChI is InChI=1S/C19H38B2O4Si/c1-13-14-19(26(10,11)12,20-22-15(2,3)16(4,5)23-20)21-24-17(6,7)18(8,9)25-21/h13H,1,14H2,2-12H3. The van der Waals surface area contributed by atoms with Crippen molar-refractivity contribution >= 4 is 22.3 Å². The molecule has 0 unspecified atom stereocenters. The zero-order chi connectivity index (χ0) is 20.4. The highest BCUT2D eigenvalue weighted by molar-refractivity contribution is 7.01. The van der Waals surface area contributed by atoms with E-state index in [0.29, 0.717) is 0 Å². The molecule has 0 saturated carbocycles. The number of hydrogen-bond acceptors (Lipinski definition) is 4. The van der Waals surface area contributed by atoms with Crippen LogP contribution in [0.3, 0.4) is 0 Å². The molecule has 2 aliphatic heterocycles. The van der Waals surface area contributed by atoms with Gasteiger partial charge in [0.25, 0.3) is 0 Å². The van der Waals surface area contributed by atoms with E-state index in [-0.39, 0.29) is 0 Å². The second-order valence-corrected chi connectivity index (χ2v) is 16.4. The maximum absolute atomic E-state index is 6.56. The predicted octanol–water partition coefficient (Wildman–Crippen LogP) is 4.90. The van der Waals surface area contributed by atoms with Crippen molar-refractivity contribution in [3.63, 3.8) is 0 Å². The van der Waals surface area contributed by atoms with E-state index in [1.54, 1.807) is 0 Å². The molecule has 0 aromatic heterocycles. The first-order valence-corrected chi connectivity index (χ1v) is 13.3. The van der Waals surface area contributed by atoms with Crippen molar-refractivity contribution in [1.82, 2.24) is 0 Å². The third-order valence-electron chi connectivity index (χ3n) is 7.23. The average molecular weight is 380 g/mol. The van der Waals surface area contributed by atoms with E-state index >= 15 is 0 Å². The van der Waals surface area contributed by atoms with Gasteiger partial charge in [0.2, 0.25) is 0 Å². The molecule has 26 heavy (non-hydrogen) atoms. The van der Waals surface area contributed by atoms with Crippen LogP contribution in [-0.2, 0) is 18.6 Å². The third-order valence-corrected chi connectivity index (χ3v) is 10.7. The Labute approximate surface area is 162 Å². The molecule has 2 rings (SSSR count). The lowest BCUT2D eigenvalue weighted by atomic mass is 9.48. The molecule has 2 saturated heterocycles. The van der Waals surface area contributed by atoms with Gasteiger partial charge in [-0.3, -0.25) is 0 Å². The van der Waals surface area contributed by atoms with Crippen molar-refractivity contribution in [1.29, 1.82) is 0 Å². The second-order valence-electron chi connectivity index (χ2n) is 11.0. The van der Waals surface area contributed by atoms with Crippen LogP contribution >= 0.6 is 0 Å². The summed E-state index contributed by atoms with van der Waals surface area (Å²) < 4.78 is 26.2. The third kappa shape index (κ3) is 3.18. The summed E-state index contributed by atoms with van der Waals surface area (Å²) in [6, 6.07) is 0. The largest absolute Gasteiger partial charge is 0.459 e. The Morgan fingerprint density at radius 2 is 1.00 bits per heavy atom. The lowest BCUT2D eigenvalue weighted by Gasteiger charge is -2.45. The molecule has 2 heterocycles. The smallest absolute Gasteiger partial charge is 0.403 e. The van der Waals surface area contributed by atoms with E-state index < -0.39 is 49.6 Å². The molecule has 148 valence electrons. The molecular weight excluding hydrogens is 342 g/mol. The molecule has 0 bridgehead atoms. The van der Waals surface area contributed by atoms with Crippen molar-refractivity contribution in [2.45, 2.75) is 109 Å². The first-order chi connectivity index (χ1) is 11.4. The summed E-state index contributed by atoms with van der Waals surface area (Å²) in [6.45, 7) is 27.8. The lowest BCUT2D eigenvalue weighted by molar-refractivity contribution is 0.00578. The fourth-order valence-corrected chi connectivity index (χ4v) is 6.07. The molecule has 0 amide bonds. The number of hydrogen-bond donors (Lipinski definition) is 0. The Morgan fingerprint density at radius 3 is 1.19 bits per heavy atom. The van der Waals surface area contributed by atoms with Gasteiger partial charge in [0.1, 0.15) is 0 Å². The van der Waals surface area contributed by atoms with Gasteiger partial charge >= 0.3 is 14.2 Å². The second kappa shape index (κ2) is 6.21. The summed E-state index contributed by atoms with van der Waals surface area (Å²) in [5.74, 6) is 0. The van der Waals surface area contributed by atoms with Crippen LogP contribution in [0.5, 0.6) is 0 Å². The topological polar surface area (TPSA) is 36.9 Å². The molecule has 0 spiro atoms. The van der Waals surface area contributed by atoms with Gasteiger partial charge in [0.05, 0.1) is 22.4 Å². The first-order valence-electron chi connectivity index (χ1n) is 9.76. The Morgan fingerprint density at radius 1 is 0.731 bits per heavy atom. The summed E-state index contributed by atoms with van der Waals surface area (Å²) in [5, 5.41) is 0.